The lowest BCUT2D eigenvalue weighted by molar-refractivity contribution is 0.418. The summed E-state index contributed by atoms with van der Waals surface area (Å²) < 4.78 is 13.0. The second-order valence-electron chi connectivity index (χ2n) is 5.11. The summed E-state index contributed by atoms with van der Waals surface area (Å²) in [7, 11) is 0. The van der Waals surface area contributed by atoms with Gasteiger partial charge in [-0.25, -0.2) is 4.39 Å². The van der Waals surface area contributed by atoms with E-state index in [1.807, 2.05) is 0 Å². The fraction of sp³-hybridized carbons (Fsp3) is 0.462. The number of rotatable bonds is 1. The van der Waals surface area contributed by atoms with E-state index in [2.05, 4.69) is 24.8 Å². The number of nitrogens with zero attached hydrogens (tertiary/aromatic N) is 2. The Bertz CT molecular complexity index is 446. The molecule has 0 unspecified atom stereocenters. The van der Waals surface area contributed by atoms with Crippen molar-refractivity contribution in [3.05, 3.63) is 29.6 Å². The predicted octanol–water partition coefficient (Wildman–Crippen LogP) is 2.93. The van der Waals surface area contributed by atoms with Crippen molar-refractivity contribution in [3.8, 4) is 6.07 Å². The molecule has 2 nitrogen and oxygen atoms in total. The van der Waals surface area contributed by atoms with Crippen LogP contribution < -0.4 is 4.90 Å². The third kappa shape index (κ3) is 2.01. The Balaban J connectivity index is 2.32. The Hall–Kier alpha value is -1.56. The van der Waals surface area contributed by atoms with Gasteiger partial charge in [0, 0.05) is 13.1 Å². The Morgan fingerprint density at radius 1 is 1.44 bits per heavy atom. The van der Waals surface area contributed by atoms with Crippen LogP contribution in [-0.2, 0) is 0 Å². The van der Waals surface area contributed by atoms with Crippen LogP contribution in [0.5, 0.6) is 0 Å². The molecule has 1 aliphatic rings. The molecule has 0 spiro atoms. The molecule has 1 fully saturated rings. The normalized spacial score (nSPS) is 18.5. The average molecular weight is 218 g/mol. The van der Waals surface area contributed by atoms with Crippen LogP contribution in [0.4, 0.5) is 10.1 Å². The molecular formula is C13H15FN2. The zero-order valence-electron chi connectivity index (χ0n) is 9.63. The number of anilines is 1. The highest BCUT2D eigenvalue weighted by Crippen LogP contribution is 2.33. The Morgan fingerprint density at radius 2 is 2.19 bits per heavy atom. The maximum Gasteiger partial charge on any atom is 0.124 e. The quantitative estimate of drug-likeness (QED) is 0.724. The SMILES string of the molecule is CC1(C)CCN(c2ccc(F)cc2C#N)C1. The predicted molar refractivity (Wildman–Crippen MR) is 61.7 cm³/mol. The van der Waals surface area contributed by atoms with Crippen molar-refractivity contribution in [1.29, 1.82) is 5.26 Å². The molecule has 84 valence electrons. The van der Waals surface area contributed by atoms with E-state index in [9.17, 15) is 4.39 Å². The highest BCUT2D eigenvalue weighted by Gasteiger charge is 2.30. The summed E-state index contributed by atoms with van der Waals surface area (Å²) in [6, 6.07) is 6.49. The molecule has 1 aliphatic heterocycles. The highest BCUT2D eigenvalue weighted by atomic mass is 19.1. The first-order chi connectivity index (χ1) is 7.52. The van der Waals surface area contributed by atoms with Crippen LogP contribution in [-0.4, -0.2) is 13.1 Å². The first-order valence-electron chi connectivity index (χ1n) is 5.46. The van der Waals surface area contributed by atoms with E-state index in [0.717, 1.165) is 25.2 Å². The largest absolute Gasteiger partial charge is 0.370 e. The first kappa shape index (κ1) is 10.9. The maximum atomic E-state index is 13.0. The number of benzene rings is 1. The molecule has 0 aliphatic carbocycles. The maximum absolute atomic E-state index is 13.0. The third-order valence-electron chi connectivity index (χ3n) is 3.10. The Morgan fingerprint density at radius 3 is 2.75 bits per heavy atom. The van der Waals surface area contributed by atoms with E-state index in [-0.39, 0.29) is 11.2 Å². The zero-order chi connectivity index (χ0) is 11.8. The van der Waals surface area contributed by atoms with Crippen molar-refractivity contribution >= 4 is 5.69 Å². The minimum absolute atomic E-state index is 0.279. The Kier molecular flexibility index (Phi) is 2.59. The number of hydrogen-bond donors (Lipinski definition) is 0. The van der Waals surface area contributed by atoms with Crippen molar-refractivity contribution in [2.24, 2.45) is 5.41 Å². The summed E-state index contributed by atoms with van der Waals surface area (Å²) in [6.07, 6.45) is 1.11. The van der Waals surface area contributed by atoms with Crippen LogP contribution in [0.25, 0.3) is 0 Å². The van der Waals surface area contributed by atoms with Crippen molar-refractivity contribution < 1.29 is 4.39 Å². The van der Waals surface area contributed by atoms with Gasteiger partial charge in [-0.15, -0.1) is 0 Å². The summed E-state index contributed by atoms with van der Waals surface area (Å²) in [5.74, 6) is -0.348. The molecule has 16 heavy (non-hydrogen) atoms. The smallest absolute Gasteiger partial charge is 0.124 e. The van der Waals surface area contributed by atoms with Crippen molar-refractivity contribution in [2.45, 2.75) is 20.3 Å². The van der Waals surface area contributed by atoms with E-state index < -0.39 is 0 Å². The summed E-state index contributed by atoms with van der Waals surface area (Å²) >= 11 is 0. The van der Waals surface area contributed by atoms with Gasteiger partial charge < -0.3 is 4.90 Å². The third-order valence-corrected chi connectivity index (χ3v) is 3.10. The minimum Gasteiger partial charge on any atom is -0.370 e. The van der Waals surface area contributed by atoms with Crippen LogP contribution in [0.2, 0.25) is 0 Å². The molecule has 1 saturated heterocycles. The van der Waals surface area contributed by atoms with Gasteiger partial charge in [-0.1, -0.05) is 13.8 Å². The van der Waals surface area contributed by atoms with Crippen LogP contribution in [0, 0.1) is 22.6 Å². The molecule has 0 radical (unpaired) electrons. The molecule has 0 N–H and O–H groups in total. The van der Waals surface area contributed by atoms with E-state index >= 15 is 0 Å². The van der Waals surface area contributed by atoms with Gasteiger partial charge in [0.15, 0.2) is 0 Å². The first-order valence-corrected chi connectivity index (χ1v) is 5.46. The topological polar surface area (TPSA) is 27.0 Å². The lowest BCUT2D eigenvalue weighted by Crippen LogP contribution is -2.23. The molecular weight excluding hydrogens is 203 g/mol. The van der Waals surface area contributed by atoms with E-state index in [0.29, 0.717) is 5.56 Å². The summed E-state index contributed by atoms with van der Waals surface area (Å²) in [5.41, 5.74) is 1.56. The summed E-state index contributed by atoms with van der Waals surface area (Å²) in [5, 5.41) is 8.99. The van der Waals surface area contributed by atoms with Gasteiger partial charge in [-0.3, -0.25) is 0 Å². The van der Waals surface area contributed by atoms with Crippen molar-refractivity contribution in [1.82, 2.24) is 0 Å². The molecule has 3 heteroatoms. The van der Waals surface area contributed by atoms with Gasteiger partial charge in [0.25, 0.3) is 0 Å². The Labute approximate surface area is 95.3 Å². The van der Waals surface area contributed by atoms with Gasteiger partial charge in [-0.2, -0.15) is 5.26 Å². The molecule has 1 heterocycles. The molecule has 0 bridgehead atoms. The molecule has 0 atom stereocenters. The number of nitriles is 1. The number of hydrogen-bond acceptors (Lipinski definition) is 2. The summed E-state index contributed by atoms with van der Waals surface area (Å²) in [4.78, 5) is 2.16. The van der Waals surface area contributed by atoms with Crippen LogP contribution in [0.3, 0.4) is 0 Å². The van der Waals surface area contributed by atoms with Crippen LogP contribution >= 0.6 is 0 Å². The molecule has 0 amide bonds. The monoisotopic (exact) mass is 218 g/mol. The number of halogens is 1. The minimum atomic E-state index is -0.348. The highest BCUT2D eigenvalue weighted by molar-refractivity contribution is 5.60. The van der Waals surface area contributed by atoms with E-state index in [1.54, 1.807) is 6.07 Å². The second kappa shape index (κ2) is 3.79. The standard InChI is InChI=1S/C13H15FN2/c1-13(2)5-6-16(9-13)12-4-3-11(14)7-10(12)8-15/h3-4,7H,5-6,9H2,1-2H3. The van der Waals surface area contributed by atoms with Gasteiger partial charge in [0.05, 0.1) is 11.3 Å². The van der Waals surface area contributed by atoms with Crippen molar-refractivity contribution in [2.75, 3.05) is 18.0 Å². The van der Waals surface area contributed by atoms with Crippen molar-refractivity contribution in [3.63, 3.8) is 0 Å². The van der Waals surface area contributed by atoms with Gasteiger partial charge >= 0.3 is 0 Å². The summed E-state index contributed by atoms with van der Waals surface area (Å²) in [6.45, 7) is 6.28. The lowest BCUT2D eigenvalue weighted by Gasteiger charge is -2.22. The molecule has 2 rings (SSSR count). The second-order valence-corrected chi connectivity index (χ2v) is 5.11. The van der Waals surface area contributed by atoms with Gasteiger partial charge in [0.2, 0.25) is 0 Å². The lowest BCUT2D eigenvalue weighted by atomic mass is 9.93. The molecule has 1 aromatic rings. The molecule has 0 aromatic heterocycles. The average Bonchev–Trinajstić information content (AvgIpc) is 2.58. The molecule has 0 saturated carbocycles. The van der Waals surface area contributed by atoms with E-state index in [1.165, 1.54) is 12.1 Å². The van der Waals surface area contributed by atoms with E-state index in [4.69, 9.17) is 5.26 Å². The molecule has 1 aromatic carbocycles. The van der Waals surface area contributed by atoms with Crippen LogP contribution in [0.15, 0.2) is 18.2 Å². The fourth-order valence-corrected chi connectivity index (χ4v) is 2.19. The van der Waals surface area contributed by atoms with Crippen LogP contribution in [0.1, 0.15) is 25.8 Å². The van der Waals surface area contributed by atoms with Gasteiger partial charge in [-0.05, 0) is 30.0 Å². The van der Waals surface area contributed by atoms with Gasteiger partial charge in [0.1, 0.15) is 11.9 Å². The zero-order valence-corrected chi connectivity index (χ0v) is 9.63. The fourth-order valence-electron chi connectivity index (χ4n) is 2.19.